The Balaban J connectivity index is 2.53. The van der Waals surface area contributed by atoms with Gasteiger partial charge in [0.05, 0.1) is 17.0 Å². The van der Waals surface area contributed by atoms with Crippen molar-refractivity contribution in [3.63, 3.8) is 0 Å². The molecule has 0 amide bonds. The molecule has 2 rings (SSSR count). The zero-order valence-corrected chi connectivity index (χ0v) is 12.5. The van der Waals surface area contributed by atoms with E-state index in [0.29, 0.717) is 5.92 Å². The lowest BCUT2D eigenvalue weighted by molar-refractivity contribution is 0.102. The van der Waals surface area contributed by atoms with Gasteiger partial charge in [0, 0.05) is 32.4 Å². The Hall–Kier alpha value is -1.58. The van der Waals surface area contributed by atoms with Crippen molar-refractivity contribution in [2.24, 2.45) is 0 Å². The summed E-state index contributed by atoms with van der Waals surface area (Å²) in [4.78, 5) is 14.6. The van der Waals surface area contributed by atoms with E-state index in [1.54, 1.807) is 0 Å². The van der Waals surface area contributed by atoms with Crippen molar-refractivity contribution in [3.8, 4) is 0 Å². The summed E-state index contributed by atoms with van der Waals surface area (Å²) in [5.74, 6) is 0.484. The van der Waals surface area contributed by atoms with Crippen molar-refractivity contribution in [1.29, 1.82) is 0 Å². The number of carbonyl (C=O) groups is 1. The van der Waals surface area contributed by atoms with Gasteiger partial charge in [-0.1, -0.05) is 13.8 Å². The molecule has 0 N–H and O–H groups in total. The molecule has 1 aliphatic rings. The number of allylic oxidation sites excluding steroid dienone is 1. The van der Waals surface area contributed by atoms with Gasteiger partial charge < -0.3 is 4.90 Å². The van der Waals surface area contributed by atoms with Gasteiger partial charge in [0.25, 0.3) is 0 Å². The van der Waals surface area contributed by atoms with Crippen LogP contribution in [0.15, 0.2) is 11.8 Å². The fourth-order valence-corrected chi connectivity index (χ4v) is 2.74. The van der Waals surface area contributed by atoms with Crippen LogP contribution in [0.25, 0.3) is 0 Å². The average molecular weight is 261 g/mol. The molecule has 4 heteroatoms. The van der Waals surface area contributed by atoms with Crippen LogP contribution in [-0.2, 0) is 13.0 Å². The monoisotopic (exact) mass is 261 g/mol. The van der Waals surface area contributed by atoms with Crippen LogP contribution in [0.1, 0.15) is 54.9 Å². The van der Waals surface area contributed by atoms with E-state index in [1.165, 1.54) is 0 Å². The van der Waals surface area contributed by atoms with Crippen molar-refractivity contribution in [3.05, 3.63) is 28.7 Å². The van der Waals surface area contributed by atoms with Crippen LogP contribution in [0.3, 0.4) is 0 Å². The molecular formula is C15H23N3O. The van der Waals surface area contributed by atoms with Crippen LogP contribution >= 0.6 is 0 Å². The highest BCUT2D eigenvalue weighted by Gasteiger charge is 2.30. The molecule has 0 aromatic carbocycles. The number of ketones is 1. The maximum absolute atomic E-state index is 12.7. The smallest absolute Gasteiger partial charge is 0.194 e. The van der Waals surface area contributed by atoms with Crippen molar-refractivity contribution >= 4 is 5.78 Å². The summed E-state index contributed by atoms with van der Waals surface area (Å²) < 4.78 is 1.99. The van der Waals surface area contributed by atoms with Crippen molar-refractivity contribution in [2.45, 2.75) is 46.1 Å². The van der Waals surface area contributed by atoms with E-state index in [1.807, 2.05) is 29.9 Å². The first kappa shape index (κ1) is 13.8. The number of carbonyl (C=O) groups excluding carboxylic acids is 1. The molecule has 1 aromatic rings. The molecule has 0 aliphatic heterocycles. The van der Waals surface area contributed by atoms with E-state index in [0.717, 1.165) is 41.9 Å². The third-order valence-electron chi connectivity index (χ3n) is 3.47. The SMILES string of the molecule is CCn1nc2c(c1C(C)C)C(=O)/C(=C\N(C)C)CC2. The van der Waals surface area contributed by atoms with Crippen LogP contribution in [0, 0.1) is 0 Å². The Morgan fingerprint density at radius 2 is 2.05 bits per heavy atom. The molecule has 0 spiro atoms. The lowest BCUT2D eigenvalue weighted by Gasteiger charge is -2.17. The van der Waals surface area contributed by atoms with Gasteiger partial charge in [-0.2, -0.15) is 5.10 Å². The van der Waals surface area contributed by atoms with Crippen LogP contribution in [0.2, 0.25) is 0 Å². The molecular weight excluding hydrogens is 238 g/mol. The summed E-state index contributed by atoms with van der Waals surface area (Å²) >= 11 is 0. The molecule has 4 nitrogen and oxygen atoms in total. The molecule has 1 aromatic heterocycles. The second-order valence-corrected chi connectivity index (χ2v) is 5.62. The Kier molecular flexibility index (Phi) is 3.78. The van der Waals surface area contributed by atoms with Gasteiger partial charge in [-0.15, -0.1) is 0 Å². The Morgan fingerprint density at radius 3 is 2.58 bits per heavy atom. The Morgan fingerprint density at radius 1 is 1.37 bits per heavy atom. The number of aryl methyl sites for hydroxylation is 2. The minimum Gasteiger partial charge on any atom is -0.383 e. The van der Waals surface area contributed by atoms with Gasteiger partial charge in [0.15, 0.2) is 5.78 Å². The Bertz CT molecular complexity index is 524. The minimum atomic E-state index is 0.165. The van der Waals surface area contributed by atoms with Gasteiger partial charge in [-0.3, -0.25) is 9.48 Å². The van der Waals surface area contributed by atoms with Crippen LogP contribution in [0.5, 0.6) is 0 Å². The van der Waals surface area contributed by atoms with E-state index in [9.17, 15) is 4.79 Å². The maximum atomic E-state index is 12.7. The molecule has 104 valence electrons. The number of aromatic nitrogens is 2. The first-order chi connectivity index (χ1) is 8.95. The van der Waals surface area contributed by atoms with Gasteiger partial charge in [-0.25, -0.2) is 0 Å². The maximum Gasteiger partial charge on any atom is 0.194 e. The van der Waals surface area contributed by atoms with E-state index in [-0.39, 0.29) is 5.78 Å². The number of fused-ring (bicyclic) bond motifs is 1. The first-order valence-electron chi connectivity index (χ1n) is 6.97. The third kappa shape index (κ3) is 2.44. The second-order valence-electron chi connectivity index (χ2n) is 5.62. The molecule has 1 aliphatic carbocycles. The summed E-state index contributed by atoms with van der Waals surface area (Å²) in [5.41, 5.74) is 3.82. The van der Waals surface area contributed by atoms with E-state index in [2.05, 4.69) is 25.9 Å². The lowest BCUT2D eigenvalue weighted by Crippen LogP contribution is -2.18. The van der Waals surface area contributed by atoms with Crippen LogP contribution in [0.4, 0.5) is 0 Å². The highest BCUT2D eigenvalue weighted by Crippen LogP contribution is 2.31. The normalized spacial score (nSPS) is 17.2. The van der Waals surface area contributed by atoms with Gasteiger partial charge in [-0.05, 0) is 25.7 Å². The molecule has 0 saturated carbocycles. The van der Waals surface area contributed by atoms with Crippen molar-refractivity contribution in [2.75, 3.05) is 14.1 Å². The summed E-state index contributed by atoms with van der Waals surface area (Å²) in [6.45, 7) is 7.15. The summed E-state index contributed by atoms with van der Waals surface area (Å²) in [5, 5.41) is 4.61. The van der Waals surface area contributed by atoms with E-state index >= 15 is 0 Å². The van der Waals surface area contributed by atoms with E-state index < -0.39 is 0 Å². The lowest BCUT2D eigenvalue weighted by atomic mass is 9.88. The quantitative estimate of drug-likeness (QED) is 0.785. The minimum absolute atomic E-state index is 0.165. The second kappa shape index (κ2) is 5.19. The number of hydrogen-bond donors (Lipinski definition) is 0. The highest BCUT2D eigenvalue weighted by molar-refractivity contribution is 6.11. The zero-order chi connectivity index (χ0) is 14.2. The topological polar surface area (TPSA) is 38.1 Å². The number of Topliss-reactive ketones (excluding diaryl/α,β-unsaturated/α-hetero) is 1. The first-order valence-corrected chi connectivity index (χ1v) is 6.97. The predicted molar refractivity (Wildman–Crippen MR) is 76.4 cm³/mol. The highest BCUT2D eigenvalue weighted by atomic mass is 16.1. The third-order valence-corrected chi connectivity index (χ3v) is 3.47. The zero-order valence-electron chi connectivity index (χ0n) is 12.5. The molecule has 0 atom stereocenters. The molecule has 0 saturated heterocycles. The Labute approximate surface area is 115 Å². The van der Waals surface area contributed by atoms with Gasteiger partial charge >= 0.3 is 0 Å². The van der Waals surface area contributed by atoms with Crippen LogP contribution in [-0.4, -0.2) is 34.6 Å². The van der Waals surface area contributed by atoms with Gasteiger partial charge in [0.2, 0.25) is 0 Å². The molecule has 0 fully saturated rings. The molecule has 19 heavy (non-hydrogen) atoms. The van der Waals surface area contributed by atoms with E-state index in [4.69, 9.17) is 0 Å². The fraction of sp³-hybridized carbons (Fsp3) is 0.600. The summed E-state index contributed by atoms with van der Waals surface area (Å²) in [7, 11) is 3.91. The number of nitrogens with zero attached hydrogens (tertiary/aromatic N) is 3. The number of rotatable bonds is 3. The largest absolute Gasteiger partial charge is 0.383 e. The molecule has 0 radical (unpaired) electrons. The van der Waals surface area contributed by atoms with Gasteiger partial charge in [0.1, 0.15) is 0 Å². The fourth-order valence-electron chi connectivity index (χ4n) is 2.74. The van der Waals surface area contributed by atoms with Crippen molar-refractivity contribution < 1.29 is 4.79 Å². The predicted octanol–water partition coefficient (Wildman–Crippen LogP) is 2.60. The summed E-state index contributed by atoms with van der Waals surface area (Å²) in [6.07, 6.45) is 3.61. The molecule has 1 heterocycles. The number of hydrogen-bond acceptors (Lipinski definition) is 3. The van der Waals surface area contributed by atoms with Crippen molar-refractivity contribution in [1.82, 2.24) is 14.7 Å². The van der Waals surface area contributed by atoms with Crippen LogP contribution < -0.4 is 0 Å². The standard InChI is InChI=1S/C15H23N3O/c1-6-18-14(10(2)3)13-12(16-18)8-7-11(15(13)19)9-17(4)5/h9-10H,6-8H2,1-5H3/b11-9-. The molecule has 0 bridgehead atoms. The molecule has 0 unspecified atom stereocenters. The summed E-state index contributed by atoms with van der Waals surface area (Å²) in [6, 6.07) is 0. The average Bonchev–Trinajstić information content (AvgIpc) is 2.71.